The first-order valence-corrected chi connectivity index (χ1v) is 10.5. The van der Waals surface area contributed by atoms with E-state index in [9.17, 15) is 9.59 Å². The first-order chi connectivity index (χ1) is 13.1. The average molecular weight is 370 g/mol. The van der Waals surface area contributed by atoms with Crippen molar-refractivity contribution in [1.82, 2.24) is 15.1 Å². The van der Waals surface area contributed by atoms with Gasteiger partial charge >= 0.3 is 0 Å². The maximum absolute atomic E-state index is 13.3. The number of benzene rings is 1. The van der Waals surface area contributed by atoms with E-state index >= 15 is 0 Å². The van der Waals surface area contributed by atoms with Gasteiger partial charge in [0.2, 0.25) is 11.8 Å². The first-order valence-electron chi connectivity index (χ1n) is 10.5. The Morgan fingerprint density at radius 2 is 1.78 bits per heavy atom. The number of rotatable bonds is 5. The van der Waals surface area contributed by atoms with Gasteiger partial charge in [-0.1, -0.05) is 30.3 Å². The van der Waals surface area contributed by atoms with Crippen molar-refractivity contribution in [3.05, 3.63) is 35.9 Å². The van der Waals surface area contributed by atoms with Crippen molar-refractivity contribution in [3.8, 4) is 0 Å². The highest BCUT2D eigenvalue weighted by atomic mass is 16.2. The summed E-state index contributed by atoms with van der Waals surface area (Å²) >= 11 is 0. The van der Waals surface area contributed by atoms with Crippen LogP contribution in [-0.2, 0) is 9.59 Å². The molecule has 2 unspecified atom stereocenters. The smallest absolute Gasteiger partial charge is 0.228 e. The van der Waals surface area contributed by atoms with Crippen molar-refractivity contribution >= 4 is 11.8 Å². The van der Waals surface area contributed by atoms with Crippen LogP contribution in [0.2, 0.25) is 0 Å². The molecule has 2 aliphatic heterocycles. The Labute approximate surface area is 162 Å². The second-order valence-corrected chi connectivity index (χ2v) is 8.46. The van der Waals surface area contributed by atoms with E-state index in [1.165, 1.54) is 12.8 Å². The zero-order valence-electron chi connectivity index (χ0n) is 16.3. The zero-order valence-corrected chi connectivity index (χ0v) is 16.3. The molecule has 3 aliphatic rings. The topological polar surface area (TPSA) is 52.7 Å². The molecule has 1 aromatic rings. The molecule has 3 fully saturated rings. The molecule has 5 nitrogen and oxygen atoms in total. The minimum absolute atomic E-state index is 0.133. The molecule has 2 atom stereocenters. The predicted molar refractivity (Wildman–Crippen MR) is 105 cm³/mol. The fraction of sp³-hybridized carbons (Fsp3) is 0.636. The van der Waals surface area contributed by atoms with Gasteiger partial charge in [0.05, 0.1) is 12.0 Å². The lowest BCUT2D eigenvalue weighted by Crippen LogP contribution is -2.51. The molecular weight excluding hydrogens is 338 g/mol. The second kappa shape index (κ2) is 8.01. The fourth-order valence-corrected chi connectivity index (χ4v) is 4.60. The van der Waals surface area contributed by atoms with Crippen LogP contribution in [0.25, 0.3) is 0 Å². The lowest BCUT2D eigenvalue weighted by molar-refractivity contribution is -0.147. The largest absolute Gasteiger partial charge is 0.342 e. The van der Waals surface area contributed by atoms with Crippen molar-refractivity contribution in [2.24, 2.45) is 11.8 Å². The number of nitrogens with one attached hydrogen (secondary N) is 1. The van der Waals surface area contributed by atoms with Crippen molar-refractivity contribution < 1.29 is 9.59 Å². The normalized spacial score (nSPS) is 27.1. The van der Waals surface area contributed by atoms with Crippen LogP contribution in [0.4, 0.5) is 0 Å². The van der Waals surface area contributed by atoms with Gasteiger partial charge in [-0.2, -0.15) is 0 Å². The van der Waals surface area contributed by atoms with Gasteiger partial charge in [0, 0.05) is 32.6 Å². The lowest BCUT2D eigenvalue weighted by Gasteiger charge is -2.42. The number of carbonyl (C=O) groups is 2. The van der Waals surface area contributed by atoms with Gasteiger partial charge in [0.1, 0.15) is 0 Å². The molecule has 0 spiro atoms. The third-order valence-electron chi connectivity index (χ3n) is 6.52. The Kier molecular flexibility index (Phi) is 5.48. The molecule has 5 heteroatoms. The number of piperidine rings is 2. The first kappa shape index (κ1) is 18.5. The highest BCUT2D eigenvalue weighted by Gasteiger charge is 2.41. The average Bonchev–Trinajstić information content (AvgIpc) is 3.53. The number of hydrogen-bond acceptors (Lipinski definition) is 3. The summed E-state index contributed by atoms with van der Waals surface area (Å²) in [6.07, 6.45) is 5.95. The van der Waals surface area contributed by atoms with Gasteiger partial charge in [0.15, 0.2) is 0 Å². The van der Waals surface area contributed by atoms with Gasteiger partial charge in [-0.25, -0.2) is 0 Å². The molecule has 2 saturated heterocycles. The van der Waals surface area contributed by atoms with E-state index in [0.29, 0.717) is 18.9 Å². The molecule has 1 aliphatic carbocycles. The van der Waals surface area contributed by atoms with Crippen LogP contribution < -0.4 is 5.32 Å². The number of nitrogens with zero attached hydrogens (tertiary/aromatic N) is 2. The molecule has 27 heavy (non-hydrogen) atoms. The minimum atomic E-state index is -0.148. The highest BCUT2D eigenvalue weighted by Crippen LogP contribution is 2.37. The summed E-state index contributed by atoms with van der Waals surface area (Å²) in [6, 6.07) is 10.4. The summed E-state index contributed by atoms with van der Waals surface area (Å²) in [5.41, 5.74) is 1.06. The van der Waals surface area contributed by atoms with E-state index in [4.69, 9.17) is 0 Å². The van der Waals surface area contributed by atoms with Crippen LogP contribution in [0.5, 0.6) is 0 Å². The molecule has 1 saturated carbocycles. The summed E-state index contributed by atoms with van der Waals surface area (Å²) in [5.74, 6) is 1.12. The highest BCUT2D eigenvalue weighted by molar-refractivity contribution is 5.85. The zero-order chi connectivity index (χ0) is 18.8. The molecule has 0 aromatic heterocycles. The van der Waals surface area contributed by atoms with E-state index in [1.54, 1.807) is 4.90 Å². The molecule has 2 amide bonds. The minimum Gasteiger partial charge on any atom is -0.342 e. The van der Waals surface area contributed by atoms with Crippen molar-refractivity contribution in [3.63, 3.8) is 0 Å². The summed E-state index contributed by atoms with van der Waals surface area (Å²) in [5, 5.41) is 3.68. The molecule has 146 valence electrons. The Morgan fingerprint density at radius 3 is 2.44 bits per heavy atom. The quantitative estimate of drug-likeness (QED) is 0.868. The van der Waals surface area contributed by atoms with Crippen LogP contribution >= 0.6 is 0 Å². The Balaban J connectivity index is 1.41. The molecule has 1 aromatic carbocycles. The Hall–Kier alpha value is -1.88. The van der Waals surface area contributed by atoms with Gasteiger partial charge in [-0.05, 0) is 50.1 Å². The molecule has 2 heterocycles. The predicted octanol–water partition coefficient (Wildman–Crippen LogP) is 2.59. The maximum Gasteiger partial charge on any atom is 0.228 e. The van der Waals surface area contributed by atoms with E-state index in [0.717, 1.165) is 44.0 Å². The van der Waals surface area contributed by atoms with Gasteiger partial charge in [-0.3, -0.25) is 9.59 Å². The van der Waals surface area contributed by atoms with Crippen LogP contribution in [-0.4, -0.2) is 54.3 Å². The number of amides is 2. The Morgan fingerprint density at radius 1 is 1.07 bits per heavy atom. The van der Waals surface area contributed by atoms with Crippen LogP contribution in [0.1, 0.15) is 50.1 Å². The van der Waals surface area contributed by atoms with E-state index < -0.39 is 0 Å². The number of carbonyl (C=O) groups excluding carboxylic acids is 2. The van der Waals surface area contributed by atoms with Gasteiger partial charge in [0.25, 0.3) is 0 Å². The molecule has 0 radical (unpaired) electrons. The van der Waals surface area contributed by atoms with E-state index in [-0.39, 0.29) is 23.8 Å². The summed E-state index contributed by atoms with van der Waals surface area (Å²) in [4.78, 5) is 29.5. The SMILES string of the molecule is CN1C(=O)CCC(C(=O)N2CCC(NCC3CC3)CC2)C1c1ccccc1. The van der Waals surface area contributed by atoms with Crippen molar-refractivity contribution in [2.75, 3.05) is 26.7 Å². The number of hydrogen-bond donors (Lipinski definition) is 1. The summed E-state index contributed by atoms with van der Waals surface area (Å²) in [6.45, 7) is 2.80. The lowest BCUT2D eigenvalue weighted by atomic mass is 9.83. The standard InChI is InChI=1S/C22H31N3O2/c1-24-20(26)10-9-19(21(24)17-5-3-2-4-6-17)22(27)25-13-11-18(12-14-25)23-15-16-7-8-16/h2-6,16,18-19,21,23H,7-15H2,1H3. The molecule has 4 rings (SSSR count). The van der Waals surface area contributed by atoms with Crippen molar-refractivity contribution in [1.29, 1.82) is 0 Å². The summed E-state index contributed by atoms with van der Waals surface area (Å²) in [7, 11) is 1.84. The molecule has 0 bridgehead atoms. The fourth-order valence-electron chi connectivity index (χ4n) is 4.60. The number of likely N-dealkylation sites (tertiary alicyclic amines) is 2. The monoisotopic (exact) mass is 369 g/mol. The summed E-state index contributed by atoms with van der Waals surface area (Å²) < 4.78 is 0. The second-order valence-electron chi connectivity index (χ2n) is 8.46. The molecule has 1 N–H and O–H groups in total. The van der Waals surface area contributed by atoms with E-state index in [2.05, 4.69) is 5.32 Å². The Bertz CT molecular complexity index is 665. The van der Waals surface area contributed by atoms with Crippen LogP contribution in [0.3, 0.4) is 0 Å². The maximum atomic E-state index is 13.3. The van der Waals surface area contributed by atoms with Crippen LogP contribution in [0.15, 0.2) is 30.3 Å². The van der Waals surface area contributed by atoms with E-state index in [1.807, 2.05) is 42.3 Å². The third kappa shape index (κ3) is 4.18. The van der Waals surface area contributed by atoms with Crippen LogP contribution in [0, 0.1) is 11.8 Å². The third-order valence-corrected chi connectivity index (χ3v) is 6.52. The van der Waals surface area contributed by atoms with Gasteiger partial charge in [-0.15, -0.1) is 0 Å². The van der Waals surface area contributed by atoms with Crippen molar-refractivity contribution in [2.45, 2.75) is 50.6 Å². The molecular formula is C22H31N3O2. The van der Waals surface area contributed by atoms with Gasteiger partial charge < -0.3 is 15.1 Å².